The highest BCUT2D eigenvalue weighted by Gasteiger charge is 2.44. The lowest BCUT2D eigenvalue weighted by atomic mass is 9.83. The molecule has 4 aromatic rings. The van der Waals surface area contributed by atoms with Crippen molar-refractivity contribution in [2.24, 2.45) is 0 Å². The smallest absolute Gasteiger partial charge is 0.321 e. The van der Waals surface area contributed by atoms with Crippen LogP contribution in [0.1, 0.15) is 34.2 Å². The summed E-state index contributed by atoms with van der Waals surface area (Å²) < 4.78 is 5.86. The van der Waals surface area contributed by atoms with Crippen LogP contribution in [0.3, 0.4) is 0 Å². The molecule has 2 unspecified atom stereocenters. The van der Waals surface area contributed by atoms with E-state index < -0.39 is 0 Å². The van der Waals surface area contributed by atoms with Crippen LogP contribution in [0, 0.1) is 10.1 Å². The summed E-state index contributed by atoms with van der Waals surface area (Å²) in [6.45, 7) is 0.568. The molecule has 168 valence electrons. The molecular weight excluding hydrogens is 434 g/mol. The first-order valence-corrected chi connectivity index (χ1v) is 10.7. The lowest BCUT2D eigenvalue weighted by molar-refractivity contribution is -0.384. The van der Waals surface area contributed by atoms with Crippen LogP contribution < -0.4 is 15.0 Å². The summed E-state index contributed by atoms with van der Waals surface area (Å²) >= 11 is 0. The number of nitrogens with one attached hydrogen (secondary N) is 1. The van der Waals surface area contributed by atoms with Crippen molar-refractivity contribution < 1.29 is 9.66 Å². The Hall–Kier alpha value is -4.60. The zero-order valence-electron chi connectivity index (χ0n) is 18.1. The van der Waals surface area contributed by atoms with Gasteiger partial charge in [-0.1, -0.05) is 18.2 Å². The number of nitrogens with zero attached hydrogens (tertiary/aromatic N) is 6. The van der Waals surface area contributed by atoms with E-state index in [4.69, 9.17) is 4.74 Å². The average Bonchev–Trinajstić information content (AvgIpc) is 3.06. The quantitative estimate of drug-likeness (QED) is 0.358. The number of likely N-dealkylation sites (N-methyl/N-ethyl adjacent to an activating group) is 1. The van der Waals surface area contributed by atoms with Crippen LogP contribution in [-0.2, 0) is 6.54 Å². The second kappa shape index (κ2) is 7.77. The minimum atomic E-state index is -0.386. The number of hydrogen-bond acceptors (Lipinski definition) is 9. The lowest BCUT2D eigenvalue weighted by Gasteiger charge is -2.28. The van der Waals surface area contributed by atoms with Gasteiger partial charge in [-0.15, -0.1) is 0 Å². The van der Waals surface area contributed by atoms with Crippen molar-refractivity contribution in [2.45, 2.75) is 18.5 Å². The van der Waals surface area contributed by atoms with Crippen molar-refractivity contribution in [3.63, 3.8) is 0 Å². The third kappa shape index (κ3) is 3.19. The van der Waals surface area contributed by atoms with Gasteiger partial charge in [-0.05, 0) is 34.9 Å². The molecule has 0 fully saturated rings. The van der Waals surface area contributed by atoms with Crippen molar-refractivity contribution in [3.8, 4) is 11.8 Å². The molecule has 0 bridgehead atoms. The Labute approximate surface area is 194 Å². The van der Waals surface area contributed by atoms with Crippen LogP contribution >= 0.6 is 0 Å². The predicted molar refractivity (Wildman–Crippen MR) is 124 cm³/mol. The minimum Gasteiger partial charge on any atom is -0.424 e. The SMILES string of the molecule is CN1c2ncnc3c2C(c2ccc(Oc4ncccn4)cc2CN3)C1c1ccc([N+](=O)[O-])cc1. The highest BCUT2D eigenvalue weighted by molar-refractivity contribution is 5.71. The van der Waals surface area contributed by atoms with Crippen molar-refractivity contribution in [2.75, 3.05) is 17.3 Å². The summed E-state index contributed by atoms with van der Waals surface area (Å²) in [4.78, 5) is 30.3. The first-order chi connectivity index (χ1) is 16.6. The first-order valence-electron chi connectivity index (χ1n) is 10.7. The first kappa shape index (κ1) is 20.0. The molecule has 0 saturated heterocycles. The highest BCUT2D eigenvalue weighted by atomic mass is 16.6. The van der Waals surface area contributed by atoms with E-state index in [1.54, 1.807) is 36.9 Å². The van der Waals surface area contributed by atoms with Gasteiger partial charge in [0.1, 0.15) is 23.7 Å². The molecule has 0 saturated carbocycles. The Kier molecular flexibility index (Phi) is 4.58. The van der Waals surface area contributed by atoms with Gasteiger partial charge in [0.05, 0.1) is 11.0 Å². The molecule has 0 spiro atoms. The van der Waals surface area contributed by atoms with Gasteiger partial charge in [0.15, 0.2) is 0 Å². The third-order valence-corrected chi connectivity index (χ3v) is 6.33. The van der Waals surface area contributed by atoms with Gasteiger partial charge < -0.3 is 15.0 Å². The van der Waals surface area contributed by atoms with Crippen molar-refractivity contribution >= 4 is 17.3 Å². The van der Waals surface area contributed by atoms with E-state index in [1.807, 2.05) is 31.3 Å². The number of aromatic nitrogens is 4. The molecule has 10 nitrogen and oxygen atoms in total. The van der Waals surface area contributed by atoms with Crippen molar-refractivity contribution in [1.29, 1.82) is 0 Å². The fourth-order valence-electron chi connectivity index (χ4n) is 4.87. The fraction of sp³-hybridized carbons (Fsp3) is 0.167. The van der Waals surface area contributed by atoms with Crippen LogP contribution in [0.5, 0.6) is 11.8 Å². The molecule has 4 heterocycles. The second-order valence-electron chi connectivity index (χ2n) is 8.19. The number of anilines is 2. The third-order valence-electron chi connectivity index (χ3n) is 6.33. The molecule has 0 radical (unpaired) electrons. The molecule has 10 heteroatoms. The van der Waals surface area contributed by atoms with E-state index in [0.29, 0.717) is 12.3 Å². The standard InChI is InChI=1S/C24H19N7O3/c1-30-21(14-3-5-16(6-4-14)31(32)33)19-18-8-7-17(34-24-25-9-2-10-26-24)11-15(18)12-27-22-20(19)23(30)29-13-28-22/h2-11,13,19,21H,12H2,1H3,(H,27,28,29). The van der Waals surface area contributed by atoms with Gasteiger partial charge in [0.25, 0.3) is 5.69 Å². The normalized spacial score (nSPS) is 17.9. The molecule has 2 atom stereocenters. The van der Waals surface area contributed by atoms with Crippen LogP contribution in [0.2, 0.25) is 0 Å². The Morgan fingerprint density at radius 1 is 1.09 bits per heavy atom. The van der Waals surface area contributed by atoms with Crippen molar-refractivity contribution in [1.82, 2.24) is 19.9 Å². The summed E-state index contributed by atoms with van der Waals surface area (Å²) in [5.41, 5.74) is 4.23. The molecule has 2 aromatic heterocycles. The second-order valence-corrected chi connectivity index (χ2v) is 8.19. The van der Waals surface area contributed by atoms with E-state index >= 15 is 0 Å². The fourth-order valence-corrected chi connectivity index (χ4v) is 4.87. The summed E-state index contributed by atoms with van der Waals surface area (Å²) in [5, 5.41) is 14.6. The van der Waals surface area contributed by atoms with Gasteiger partial charge in [0.2, 0.25) is 0 Å². The summed E-state index contributed by atoms with van der Waals surface area (Å²) in [6, 6.07) is 14.6. The molecule has 34 heavy (non-hydrogen) atoms. The van der Waals surface area contributed by atoms with Crippen LogP contribution in [-0.4, -0.2) is 31.9 Å². The van der Waals surface area contributed by atoms with Gasteiger partial charge in [-0.25, -0.2) is 19.9 Å². The summed E-state index contributed by atoms with van der Waals surface area (Å²) in [6.07, 6.45) is 4.82. The monoisotopic (exact) mass is 453 g/mol. The van der Waals surface area contributed by atoms with E-state index in [1.165, 1.54) is 0 Å². The number of nitro groups is 1. The zero-order valence-corrected chi connectivity index (χ0v) is 18.1. The maximum Gasteiger partial charge on any atom is 0.321 e. The van der Waals surface area contributed by atoms with Crippen molar-refractivity contribution in [3.05, 3.63) is 99.6 Å². The lowest BCUT2D eigenvalue weighted by Crippen LogP contribution is -2.23. The summed E-state index contributed by atoms with van der Waals surface area (Å²) in [5.74, 6) is 2.21. The van der Waals surface area contributed by atoms with E-state index in [9.17, 15) is 10.1 Å². The minimum absolute atomic E-state index is 0.0650. The molecule has 2 aromatic carbocycles. The van der Waals surface area contributed by atoms with Gasteiger partial charge in [-0.2, -0.15) is 0 Å². The topological polar surface area (TPSA) is 119 Å². The molecule has 2 aliphatic heterocycles. The number of hydrogen-bond donors (Lipinski definition) is 1. The van der Waals surface area contributed by atoms with Gasteiger partial charge in [0, 0.05) is 49.6 Å². The number of non-ortho nitro benzene ring substituents is 1. The van der Waals surface area contributed by atoms with Crippen LogP contribution in [0.25, 0.3) is 0 Å². The number of nitro benzene ring substituents is 1. The maximum absolute atomic E-state index is 11.2. The maximum atomic E-state index is 11.2. The Morgan fingerprint density at radius 3 is 2.65 bits per heavy atom. The Balaban J connectivity index is 1.45. The molecule has 6 rings (SSSR count). The number of rotatable bonds is 4. The zero-order chi connectivity index (χ0) is 23.2. The van der Waals surface area contributed by atoms with E-state index in [-0.39, 0.29) is 28.6 Å². The number of ether oxygens (including phenoxy) is 1. The van der Waals surface area contributed by atoms with Gasteiger partial charge in [-0.3, -0.25) is 10.1 Å². The summed E-state index contributed by atoms with van der Waals surface area (Å²) in [7, 11) is 1.99. The Bertz CT molecular complexity index is 1400. The number of fused-ring (bicyclic) bond motifs is 2. The van der Waals surface area contributed by atoms with E-state index in [2.05, 4.69) is 36.2 Å². The largest absolute Gasteiger partial charge is 0.424 e. The highest BCUT2D eigenvalue weighted by Crippen LogP contribution is 2.54. The molecule has 0 aliphatic carbocycles. The molecular formula is C24H19N7O3. The molecule has 1 N–H and O–H groups in total. The van der Waals surface area contributed by atoms with Crippen LogP contribution in [0.4, 0.5) is 17.3 Å². The molecule has 0 amide bonds. The average molecular weight is 453 g/mol. The van der Waals surface area contributed by atoms with E-state index in [0.717, 1.165) is 33.9 Å². The number of benzene rings is 2. The van der Waals surface area contributed by atoms with Gasteiger partial charge >= 0.3 is 6.01 Å². The Morgan fingerprint density at radius 2 is 1.88 bits per heavy atom. The van der Waals surface area contributed by atoms with Crippen LogP contribution in [0.15, 0.2) is 67.3 Å². The predicted octanol–water partition coefficient (Wildman–Crippen LogP) is 4.22. The molecule has 2 aliphatic rings.